The monoisotopic (exact) mass is 352 g/mol. The topological polar surface area (TPSA) is 31.2 Å². The van der Waals surface area contributed by atoms with Crippen LogP contribution in [0.3, 0.4) is 0 Å². The standard InChI is InChI=1S/2C8H17N2.Cu.Li/c2*1-7(2)6-8(3)9-10(4)5;;/h2*7H,3,6H2,1-2,4-5H3;;/q2*-1;+2;/b9-8+;9-8-;;. The van der Waals surface area contributed by atoms with Crippen LogP contribution in [-0.2, 0) is 17.1 Å². The van der Waals surface area contributed by atoms with Crippen LogP contribution in [0.1, 0.15) is 40.5 Å². The Labute approximate surface area is 161 Å². The third kappa shape index (κ3) is 28.0. The number of hydrogen-bond donors (Lipinski definition) is 0. The molecule has 0 aromatic heterocycles. The van der Waals surface area contributed by atoms with Crippen molar-refractivity contribution in [3.63, 3.8) is 0 Å². The van der Waals surface area contributed by atoms with E-state index in [1.54, 1.807) is 10.0 Å². The van der Waals surface area contributed by atoms with Gasteiger partial charge in [0.1, 0.15) is 0 Å². The summed E-state index contributed by atoms with van der Waals surface area (Å²) in [6, 6.07) is 0. The largest absolute Gasteiger partial charge is 2.00 e. The Kier molecular flexibility index (Phi) is 23.2. The fourth-order valence-electron chi connectivity index (χ4n) is 1.59. The van der Waals surface area contributed by atoms with E-state index in [9.17, 15) is 0 Å². The van der Waals surface area contributed by atoms with Gasteiger partial charge in [0.25, 0.3) is 0 Å². The minimum atomic E-state index is 0. The van der Waals surface area contributed by atoms with E-state index < -0.39 is 0 Å². The van der Waals surface area contributed by atoms with Crippen LogP contribution in [0.4, 0.5) is 0 Å². The average Bonchev–Trinajstić information content (AvgIpc) is 2.11. The molecular weight excluding hydrogens is 319 g/mol. The molecule has 0 amide bonds. The summed E-state index contributed by atoms with van der Waals surface area (Å²) in [6.07, 6.45) is 1.97. The normalized spacial score (nSPS) is 11.2. The average molecular weight is 353 g/mol. The molecule has 130 valence electrons. The molecular formula is C16H34CuLiN4. The summed E-state index contributed by atoms with van der Waals surface area (Å²) in [6.45, 7) is 16.3. The minimum absolute atomic E-state index is 0. The minimum Gasteiger partial charge on any atom is -0.359 e. The molecule has 0 saturated carbocycles. The Morgan fingerprint density at radius 2 is 1.00 bits per heavy atom. The van der Waals surface area contributed by atoms with Crippen molar-refractivity contribution in [2.24, 2.45) is 22.0 Å². The van der Waals surface area contributed by atoms with Gasteiger partial charge in [-0.05, 0) is 24.7 Å². The van der Waals surface area contributed by atoms with Crippen LogP contribution in [-0.4, -0.2) is 68.5 Å². The predicted molar refractivity (Wildman–Crippen MR) is 97.6 cm³/mol. The SMILES string of the molecule is [CH2-]/C(CC(C)C)=N/N(C)C.[CH2-]/C(CC(C)C)=N\N(C)C.[Cu+2].[Li]. The summed E-state index contributed by atoms with van der Waals surface area (Å²) in [4.78, 5) is 0. The van der Waals surface area contributed by atoms with E-state index in [0.29, 0.717) is 11.8 Å². The molecule has 0 aliphatic carbocycles. The first kappa shape index (κ1) is 29.8. The zero-order valence-corrected chi connectivity index (χ0v) is 17.0. The van der Waals surface area contributed by atoms with E-state index in [2.05, 4.69) is 51.7 Å². The number of rotatable bonds is 6. The van der Waals surface area contributed by atoms with Gasteiger partial charge >= 0.3 is 17.1 Å². The van der Waals surface area contributed by atoms with Gasteiger partial charge in [0, 0.05) is 47.1 Å². The summed E-state index contributed by atoms with van der Waals surface area (Å²) in [5, 5.41) is 11.9. The molecule has 0 heterocycles. The van der Waals surface area contributed by atoms with Gasteiger partial charge in [0.15, 0.2) is 0 Å². The first-order chi connectivity index (χ1) is 9.04. The van der Waals surface area contributed by atoms with Crippen molar-refractivity contribution < 1.29 is 17.1 Å². The molecule has 0 aliphatic rings. The molecule has 22 heavy (non-hydrogen) atoms. The molecule has 0 rings (SSSR count). The van der Waals surface area contributed by atoms with Crippen molar-refractivity contribution in [1.29, 1.82) is 0 Å². The molecule has 4 nitrogen and oxygen atoms in total. The first-order valence-corrected chi connectivity index (χ1v) is 7.18. The molecule has 2 radical (unpaired) electrons. The van der Waals surface area contributed by atoms with Crippen LogP contribution in [0.25, 0.3) is 0 Å². The summed E-state index contributed by atoms with van der Waals surface area (Å²) < 4.78 is 0. The third-order valence-electron chi connectivity index (χ3n) is 1.97. The van der Waals surface area contributed by atoms with E-state index in [1.165, 1.54) is 0 Å². The van der Waals surface area contributed by atoms with Gasteiger partial charge in [-0.1, -0.05) is 27.7 Å². The molecule has 0 aromatic carbocycles. The Bertz CT molecular complexity index is 271. The summed E-state index contributed by atoms with van der Waals surface area (Å²) in [5.74, 6) is 1.30. The molecule has 0 atom stereocenters. The molecule has 0 saturated heterocycles. The third-order valence-corrected chi connectivity index (χ3v) is 1.97. The first-order valence-electron chi connectivity index (χ1n) is 7.18. The molecule has 0 N–H and O–H groups in total. The summed E-state index contributed by atoms with van der Waals surface area (Å²) >= 11 is 0. The maximum absolute atomic E-state index is 4.16. The Balaban J connectivity index is -0.000000135. The summed E-state index contributed by atoms with van der Waals surface area (Å²) in [7, 11) is 7.63. The van der Waals surface area contributed by atoms with Crippen molar-refractivity contribution in [2.75, 3.05) is 28.2 Å². The predicted octanol–water partition coefficient (Wildman–Crippen LogP) is 3.19. The molecule has 0 spiro atoms. The van der Waals surface area contributed by atoms with Crippen molar-refractivity contribution in [2.45, 2.75) is 40.5 Å². The molecule has 0 aromatic rings. The van der Waals surface area contributed by atoms with Gasteiger partial charge in [-0.25, -0.2) is 10.2 Å². The van der Waals surface area contributed by atoms with Crippen molar-refractivity contribution in [3.8, 4) is 0 Å². The van der Waals surface area contributed by atoms with Crippen LogP contribution in [0.2, 0.25) is 0 Å². The Morgan fingerprint density at radius 1 is 0.773 bits per heavy atom. The molecule has 6 heteroatoms. The van der Waals surface area contributed by atoms with Crippen LogP contribution in [0.5, 0.6) is 0 Å². The van der Waals surface area contributed by atoms with Gasteiger partial charge in [-0.3, -0.25) is 0 Å². The van der Waals surface area contributed by atoms with Gasteiger partial charge in [0.2, 0.25) is 0 Å². The Morgan fingerprint density at radius 3 is 1.14 bits per heavy atom. The van der Waals surface area contributed by atoms with Gasteiger partial charge in [0.05, 0.1) is 0 Å². The fourth-order valence-corrected chi connectivity index (χ4v) is 1.59. The second kappa shape index (κ2) is 17.2. The zero-order chi connectivity index (χ0) is 16.3. The van der Waals surface area contributed by atoms with Gasteiger partial charge < -0.3 is 23.9 Å². The second-order valence-corrected chi connectivity index (χ2v) is 6.22. The number of nitrogens with zero attached hydrogens (tertiary/aromatic N) is 4. The van der Waals surface area contributed by atoms with E-state index in [4.69, 9.17) is 0 Å². The zero-order valence-electron chi connectivity index (χ0n) is 16.1. The summed E-state index contributed by atoms with van der Waals surface area (Å²) in [5.41, 5.74) is 1.92. The molecule has 0 aliphatic heterocycles. The van der Waals surface area contributed by atoms with Gasteiger partial charge in [-0.2, -0.15) is 0 Å². The van der Waals surface area contributed by atoms with E-state index in [1.807, 2.05) is 28.2 Å². The number of hydrogen-bond acceptors (Lipinski definition) is 4. The van der Waals surface area contributed by atoms with Crippen LogP contribution in [0, 0.1) is 25.7 Å². The fraction of sp³-hybridized carbons (Fsp3) is 0.750. The molecule has 0 fully saturated rings. The van der Waals surface area contributed by atoms with Crippen molar-refractivity contribution in [1.82, 2.24) is 10.0 Å². The van der Waals surface area contributed by atoms with E-state index in [-0.39, 0.29) is 35.9 Å². The van der Waals surface area contributed by atoms with Gasteiger partial charge in [-0.15, -0.1) is 11.4 Å². The molecule has 0 unspecified atom stereocenters. The second-order valence-electron chi connectivity index (χ2n) is 6.22. The number of hydrazone groups is 2. The maximum atomic E-state index is 4.16. The quantitative estimate of drug-likeness (QED) is 0.318. The smallest absolute Gasteiger partial charge is 0.359 e. The molecule has 0 bridgehead atoms. The van der Waals surface area contributed by atoms with E-state index >= 15 is 0 Å². The van der Waals surface area contributed by atoms with Crippen molar-refractivity contribution in [3.05, 3.63) is 13.8 Å². The van der Waals surface area contributed by atoms with Crippen LogP contribution < -0.4 is 0 Å². The Hall–Kier alpha value is -0.203. The van der Waals surface area contributed by atoms with Crippen molar-refractivity contribution >= 4 is 30.3 Å². The van der Waals surface area contributed by atoms with Crippen LogP contribution in [0.15, 0.2) is 10.2 Å². The maximum Gasteiger partial charge on any atom is 2.00 e. The van der Waals surface area contributed by atoms with E-state index in [0.717, 1.165) is 24.3 Å². The van der Waals surface area contributed by atoms with Crippen LogP contribution >= 0.6 is 0 Å².